The first-order valence-corrected chi connectivity index (χ1v) is 8.28. The lowest BCUT2D eigenvalue weighted by Gasteiger charge is -2.27. The van der Waals surface area contributed by atoms with Gasteiger partial charge in [-0.3, -0.25) is 9.59 Å². The van der Waals surface area contributed by atoms with Gasteiger partial charge in [-0.05, 0) is 23.1 Å². The van der Waals surface area contributed by atoms with Gasteiger partial charge in [0.05, 0.1) is 25.7 Å². The predicted molar refractivity (Wildman–Crippen MR) is 101 cm³/mol. The first kappa shape index (κ1) is 21.4. The van der Waals surface area contributed by atoms with Crippen molar-refractivity contribution in [3.05, 3.63) is 29.8 Å². The number of nitrogens with zero attached hydrogens (tertiary/aromatic N) is 1. The van der Waals surface area contributed by atoms with E-state index < -0.39 is 6.04 Å². The third-order valence-corrected chi connectivity index (χ3v) is 4.16. The molecule has 0 aliphatic carbocycles. The van der Waals surface area contributed by atoms with Crippen molar-refractivity contribution in [2.75, 3.05) is 31.6 Å². The minimum atomic E-state index is -0.583. The van der Waals surface area contributed by atoms with Crippen molar-refractivity contribution in [2.24, 2.45) is 11.1 Å². The number of nitrogens with two attached hydrogens (primary N) is 1. The van der Waals surface area contributed by atoms with E-state index in [-0.39, 0.29) is 29.6 Å². The van der Waals surface area contributed by atoms with Crippen LogP contribution in [0.2, 0.25) is 0 Å². The molecule has 0 aromatic heterocycles. The van der Waals surface area contributed by atoms with E-state index in [4.69, 9.17) is 10.5 Å². The summed E-state index contributed by atoms with van der Waals surface area (Å²) in [5, 5.41) is 2.82. The Kier molecular flexibility index (Phi) is 7.86. The van der Waals surface area contributed by atoms with Crippen molar-refractivity contribution in [3.63, 3.8) is 0 Å². The molecule has 1 heterocycles. The molecular weight excluding hydrogens is 342 g/mol. The average molecular weight is 370 g/mol. The summed E-state index contributed by atoms with van der Waals surface area (Å²) in [5.41, 5.74) is 7.25. The number of hydrogen-bond donors (Lipinski definition) is 2. The van der Waals surface area contributed by atoms with Gasteiger partial charge in [0.1, 0.15) is 0 Å². The van der Waals surface area contributed by atoms with Crippen LogP contribution in [0.15, 0.2) is 24.3 Å². The molecule has 25 heavy (non-hydrogen) atoms. The first-order chi connectivity index (χ1) is 11.3. The zero-order valence-corrected chi connectivity index (χ0v) is 15.9. The van der Waals surface area contributed by atoms with E-state index in [9.17, 15) is 9.59 Å². The predicted octanol–water partition coefficient (Wildman–Crippen LogP) is 1.82. The minimum absolute atomic E-state index is 0. The maximum Gasteiger partial charge on any atom is 0.241 e. The van der Waals surface area contributed by atoms with Crippen LogP contribution < -0.4 is 11.1 Å². The van der Waals surface area contributed by atoms with E-state index >= 15 is 0 Å². The van der Waals surface area contributed by atoms with E-state index in [1.54, 1.807) is 12.1 Å². The van der Waals surface area contributed by atoms with E-state index in [0.29, 0.717) is 38.4 Å². The van der Waals surface area contributed by atoms with Gasteiger partial charge in [-0.1, -0.05) is 32.9 Å². The fourth-order valence-corrected chi connectivity index (χ4v) is 2.42. The summed E-state index contributed by atoms with van der Waals surface area (Å²) in [6.45, 7) is 8.29. The number of carbonyl (C=O) groups is 2. The van der Waals surface area contributed by atoms with Gasteiger partial charge in [0.25, 0.3) is 0 Å². The average Bonchev–Trinajstić information content (AvgIpc) is 2.55. The van der Waals surface area contributed by atoms with Gasteiger partial charge in [-0.2, -0.15) is 0 Å². The SMILES string of the molecule is CC(C)(C)[C@H](N)C(=O)Nc1ccc(CC(=O)N2CCOCC2)cc1.Cl. The molecule has 3 N–H and O–H groups in total. The summed E-state index contributed by atoms with van der Waals surface area (Å²) < 4.78 is 5.25. The van der Waals surface area contributed by atoms with Gasteiger partial charge in [0.15, 0.2) is 0 Å². The largest absolute Gasteiger partial charge is 0.378 e. The van der Waals surface area contributed by atoms with Crippen LogP contribution in [0.4, 0.5) is 5.69 Å². The Morgan fingerprint density at radius 2 is 1.76 bits per heavy atom. The second kappa shape index (κ2) is 9.17. The number of ether oxygens (including phenoxy) is 1. The third kappa shape index (κ3) is 6.30. The second-order valence-electron chi connectivity index (χ2n) is 7.20. The fourth-order valence-electron chi connectivity index (χ4n) is 2.42. The minimum Gasteiger partial charge on any atom is -0.378 e. The van der Waals surface area contributed by atoms with Gasteiger partial charge in [-0.15, -0.1) is 12.4 Å². The quantitative estimate of drug-likeness (QED) is 0.847. The summed E-state index contributed by atoms with van der Waals surface area (Å²) >= 11 is 0. The van der Waals surface area contributed by atoms with E-state index in [1.807, 2.05) is 37.8 Å². The van der Waals surface area contributed by atoms with Gasteiger partial charge < -0.3 is 20.7 Å². The number of hydrogen-bond acceptors (Lipinski definition) is 4. The number of amides is 2. The summed E-state index contributed by atoms with van der Waals surface area (Å²) in [4.78, 5) is 26.2. The maximum atomic E-state index is 12.2. The van der Waals surface area contributed by atoms with Crippen molar-refractivity contribution in [2.45, 2.75) is 33.2 Å². The first-order valence-electron chi connectivity index (χ1n) is 8.28. The summed E-state index contributed by atoms with van der Waals surface area (Å²) in [6, 6.07) is 6.73. The molecule has 2 rings (SSSR count). The lowest BCUT2D eigenvalue weighted by Crippen LogP contribution is -2.45. The van der Waals surface area contributed by atoms with Crippen molar-refractivity contribution in [1.29, 1.82) is 0 Å². The highest BCUT2D eigenvalue weighted by molar-refractivity contribution is 5.95. The molecule has 140 valence electrons. The number of benzene rings is 1. The molecule has 0 unspecified atom stereocenters. The molecule has 1 aliphatic rings. The highest BCUT2D eigenvalue weighted by atomic mass is 35.5. The lowest BCUT2D eigenvalue weighted by atomic mass is 9.87. The normalized spacial score (nSPS) is 15.9. The number of nitrogens with one attached hydrogen (secondary N) is 1. The smallest absolute Gasteiger partial charge is 0.241 e. The van der Waals surface area contributed by atoms with Gasteiger partial charge in [-0.25, -0.2) is 0 Å². The molecule has 1 aromatic carbocycles. The van der Waals surface area contributed by atoms with Crippen LogP contribution in [0.25, 0.3) is 0 Å². The topological polar surface area (TPSA) is 84.7 Å². The zero-order chi connectivity index (χ0) is 17.7. The fraction of sp³-hybridized carbons (Fsp3) is 0.556. The zero-order valence-electron chi connectivity index (χ0n) is 15.1. The third-order valence-electron chi connectivity index (χ3n) is 4.16. The van der Waals surface area contributed by atoms with Crippen molar-refractivity contribution < 1.29 is 14.3 Å². The molecule has 6 nitrogen and oxygen atoms in total. The molecule has 7 heteroatoms. The van der Waals surface area contributed by atoms with Crippen LogP contribution >= 0.6 is 12.4 Å². The van der Waals surface area contributed by atoms with Gasteiger partial charge in [0.2, 0.25) is 11.8 Å². The number of halogens is 1. The van der Waals surface area contributed by atoms with Crippen LogP contribution in [0.3, 0.4) is 0 Å². The highest BCUT2D eigenvalue weighted by Crippen LogP contribution is 2.19. The van der Waals surface area contributed by atoms with E-state index in [2.05, 4.69) is 5.32 Å². The molecular formula is C18H28ClN3O3. The highest BCUT2D eigenvalue weighted by Gasteiger charge is 2.27. The lowest BCUT2D eigenvalue weighted by molar-refractivity contribution is -0.134. The molecule has 0 radical (unpaired) electrons. The number of morpholine rings is 1. The molecule has 0 spiro atoms. The van der Waals surface area contributed by atoms with Crippen molar-refractivity contribution in [1.82, 2.24) is 4.90 Å². The number of carbonyl (C=O) groups excluding carboxylic acids is 2. The van der Waals surface area contributed by atoms with Crippen LogP contribution in [0.5, 0.6) is 0 Å². The molecule has 1 atom stereocenters. The van der Waals surface area contributed by atoms with Crippen molar-refractivity contribution in [3.8, 4) is 0 Å². The molecule has 1 aromatic rings. The van der Waals surface area contributed by atoms with E-state index in [0.717, 1.165) is 5.56 Å². The Bertz CT molecular complexity index is 578. The Morgan fingerprint density at radius 1 is 1.20 bits per heavy atom. The Hall–Kier alpha value is -1.63. The standard InChI is InChI=1S/C18H27N3O3.ClH/c1-18(2,3)16(19)17(23)20-14-6-4-13(5-7-14)12-15(22)21-8-10-24-11-9-21;/h4-7,16H,8-12,19H2,1-3H3,(H,20,23);1H/t16-;/m1./s1. The van der Waals surface area contributed by atoms with E-state index in [1.165, 1.54) is 0 Å². The molecule has 1 saturated heterocycles. The molecule has 2 amide bonds. The van der Waals surface area contributed by atoms with Crippen LogP contribution in [-0.4, -0.2) is 49.1 Å². The monoisotopic (exact) mass is 369 g/mol. The Balaban J connectivity index is 0.00000312. The number of anilines is 1. The molecule has 0 saturated carbocycles. The van der Waals surface area contributed by atoms with Gasteiger partial charge in [0, 0.05) is 18.8 Å². The summed E-state index contributed by atoms with van der Waals surface area (Å²) in [6.07, 6.45) is 0.357. The Morgan fingerprint density at radius 3 is 2.28 bits per heavy atom. The van der Waals surface area contributed by atoms with Crippen LogP contribution in [-0.2, 0) is 20.7 Å². The second-order valence-corrected chi connectivity index (χ2v) is 7.20. The van der Waals surface area contributed by atoms with Crippen molar-refractivity contribution >= 4 is 29.9 Å². The molecule has 1 aliphatic heterocycles. The Labute approximate surface area is 155 Å². The molecule has 0 bridgehead atoms. The summed E-state index contributed by atoms with van der Waals surface area (Å²) in [5.74, 6) is -0.107. The maximum absolute atomic E-state index is 12.2. The van der Waals surface area contributed by atoms with Crippen LogP contribution in [0.1, 0.15) is 26.3 Å². The molecule has 1 fully saturated rings. The summed E-state index contributed by atoms with van der Waals surface area (Å²) in [7, 11) is 0. The van der Waals surface area contributed by atoms with Crippen LogP contribution in [0, 0.1) is 5.41 Å². The van der Waals surface area contributed by atoms with Gasteiger partial charge >= 0.3 is 0 Å². The number of rotatable bonds is 4.